The number of para-hydroxylation sites is 1. The van der Waals surface area contributed by atoms with Crippen molar-refractivity contribution in [1.29, 1.82) is 0 Å². The third-order valence-corrected chi connectivity index (χ3v) is 3.75. The van der Waals surface area contributed by atoms with Crippen LogP contribution in [0.1, 0.15) is 24.2 Å². The van der Waals surface area contributed by atoms with Gasteiger partial charge in [0.2, 0.25) is 0 Å². The molecule has 1 amide bonds. The van der Waals surface area contributed by atoms with Crippen LogP contribution in [0, 0.1) is 6.92 Å². The van der Waals surface area contributed by atoms with Gasteiger partial charge in [-0.05, 0) is 31.5 Å². The van der Waals surface area contributed by atoms with E-state index in [2.05, 4.69) is 5.32 Å². The van der Waals surface area contributed by atoms with Crippen LogP contribution < -0.4 is 10.1 Å². The van der Waals surface area contributed by atoms with Gasteiger partial charge < -0.3 is 19.9 Å². The number of ether oxygens (including phenoxy) is 2. The Balaban J connectivity index is 1.92. The van der Waals surface area contributed by atoms with E-state index in [0.717, 1.165) is 11.1 Å². The van der Waals surface area contributed by atoms with E-state index in [1.54, 1.807) is 6.92 Å². The van der Waals surface area contributed by atoms with Crippen LogP contribution in [0.15, 0.2) is 54.6 Å². The number of hydrogen-bond acceptors (Lipinski definition) is 4. The third kappa shape index (κ3) is 6.21. The average Bonchev–Trinajstić information content (AvgIpc) is 2.63. The topological polar surface area (TPSA) is 67.8 Å². The second kappa shape index (κ2) is 9.81. The molecular formula is C20H25NO4. The number of rotatable bonds is 9. The first-order valence-corrected chi connectivity index (χ1v) is 8.38. The molecule has 0 saturated carbocycles. The maximum absolute atomic E-state index is 12.3. The Morgan fingerprint density at radius 2 is 1.80 bits per heavy atom. The fraction of sp³-hybridized carbons (Fsp3) is 0.350. The first-order valence-electron chi connectivity index (χ1n) is 8.38. The van der Waals surface area contributed by atoms with Crippen molar-refractivity contribution in [3.05, 3.63) is 65.7 Å². The van der Waals surface area contributed by atoms with Gasteiger partial charge in [-0.15, -0.1) is 0 Å². The summed E-state index contributed by atoms with van der Waals surface area (Å²) in [5.74, 6) is 0.435. The molecule has 0 aliphatic rings. The van der Waals surface area contributed by atoms with Crippen molar-refractivity contribution in [2.45, 2.75) is 26.1 Å². The highest BCUT2D eigenvalue weighted by molar-refractivity contribution is 5.80. The van der Waals surface area contributed by atoms with Gasteiger partial charge in [-0.25, -0.2) is 0 Å². The van der Waals surface area contributed by atoms with E-state index >= 15 is 0 Å². The highest BCUT2D eigenvalue weighted by Gasteiger charge is 2.18. The van der Waals surface area contributed by atoms with E-state index in [1.807, 2.05) is 61.5 Å². The van der Waals surface area contributed by atoms with Crippen LogP contribution in [0.2, 0.25) is 0 Å². The number of amides is 1. The van der Waals surface area contributed by atoms with Crippen molar-refractivity contribution >= 4 is 5.91 Å². The first kappa shape index (κ1) is 19.0. The number of aryl methyl sites for hydroxylation is 1. The van der Waals surface area contributed by atoms with E-state index in [9.17, 15) is 4.79 Å². The maximum atomic E-state index is 12.3. The quantitative estimate of drug-likeness (QED) is 0.734. The summed E-state index contributed by atoms with van der Waals surface area (Å²) in [6.45, 7) is 4.17. The summed E-state index contributed by atoms with van der Waals surface area (Å²) in [5.41, 5.74) is 2.11. The molecule has 0 saturated heterocycles. The summed E-state index contributed by atoms with van der Waals surface area (Å²) in [6, 6.07) is 17.1. The minimum Gasteiger partial charge on any atom is -0.481 e. The highest BCUT2D eigenvalue weighted by atomic mass is 16.5. The molecule has 2 aromatic carbocycles. The first-order chi connectivity index (χ1) is 12.1. The van der Waals surface area contributed by atoms with Gasteiger partial charge in [0, 0.05) is 6.54 Å². The minimum atomic E-state index is -0.612. The van der Waals surface area contributed by atoms with E-state index in [4.69, 9.17) is 14.6 Å². The van der Waals surface area contributed by atoms with Gasteiger partial charge in [0.25, 0.3) is 5.91 Å². The van der Waals surface area contributed by atoms with Crippen molar-refractivity contribution in [3.8, 4) is 5.75 Å². The Bertz CT molecular complexity index is 643. The molecule has 0 bridgehead atoms. The molecule has 0 aliphatic heterocycles. The molecule has 2 N–H and O–H groups in total. The lowest BCUT2D eigenvalue weighted by Gasteiger charge is -2.20. The van der Waals surface area contributed by atoms with Gasteiger partial charge in [0.1, 0.15) is 5.75 Å². The second-order valence-electron chi connectivity index (χ2n) is 5.81. The van der Waals surface area contributed by atoms with Crippen LogP contribution in [-0.4, -0.2) is 36.9 Å². The molecule has 0 spiro atoms. The summed E-state index contributed by atoms with van der Waals surface area (Å²) in [4.78, 5) is 12.3. The highest BCUT2D eigenvalue weighted by Crippen LogP contribution is 2.17. The Morgan fingerprint density at radius 1 is 1.12 bits per heavy atom. The molecule has 2 atom stereocenters. The fourth-order valence-electron chi connectivity index (χ4n) is 2.34. The molecule has 0 radical (unpaired) electrons. The summed E-state index contributed by atoms with van der Waals surface area (Å²) < 4.78 is 11.3. The van der Waals surface area contributed by atoms with E-state index in [1.165, 1.54) is 0 Å². The van der Waals surface area contributed by atoms with Crippen molar-refractivity contribution in [1.82, 2.24) is 5.32 Å². The fourth-order valence-corrected chi connectivity index (χ4v) is 2.34. The maximum Gasteiger partial charge on any atom is 0.260 e. The van der Waals surface area contributed by atoms with Crippen LogP contribution >= 0.6 is 0 Å². The minimum absolute atomic E-state index is 0.0656. The second-order valence-corrected chi connectivity index (χ2v) is 5.81. The zero-order valence-electron chi connectivity index (χ0n) is 14.6. The van der Waals surface area contributed by atoms with Crippen LogP contribution in [0.4, 0.5) is 0 Å². The molecule has 0 heterocycles. The van der Waals surface area contributed by atoms with Gasteiger partial charge in [0.15, 0.2) is 6.10 Å². The molecule has 2 aromatic rings. The number of carbonyl (C=O) groups excluding carboxylic acids is 1. The van der Waals surface area contributed by atoms with Crippen LogP contribution in [0.25, 0.3) is 0 Å². The standard InChI is InChI=1S/C20H25NO4/c1-15-8-10-17(11-9-15)19(24-13-12-22)14-21-20(23)16(2)25-18-6-4-3-5-7-18/h3-11,16,19,22H,12-14H2,1-2H3,(H,21,23). The largest absolute Gasteiger partial charge is 0.481 e. The smallest absolute Gasteiger partial charge is 0.260 e. The predicted octanol–water partition coefficient (Wildman–Crippen LogP) is 2.63. The number of aliphatic hydroxyl groups excluding tert-OH is 1. The molecular weight excluding hydrogens is 318 g/mol. The average molecular weight is 343 g/mol. The van der Waals surface area contributed by atoms with Crippen molar-refractivity contribution in [3.63, 3.8) is 0 Å². The molecule has 2 unspecified atom stereocenters. The Labute approximate surface area is 148 Å². The Kier molecular flexibility index (Phi) is 7.44. The van der Waals surface area contributed by atoms with Gasteiger partial charge in [-0.3, -0.25) is 4.79 Å². The lowest BCUT2D eigenvalue weighted by atomic mass is 10.1. The van der Waals surface area contributed by atoms with Crippen molar-refractivity contribution in [2.24, 2.45) is 0 Å². The number of carbonyl (C=O) groups is 1. The summed E-state index contributed by atoms with van der Waals surface area (Å²) >= 11 is 0. The molecule has 25 heavy (non-hydrogen) atoms. The molecule has 0 fully saturated rings. The van der Waals surface area contributed by atoms with Crippen LogP contribution in [0.5, 0.6) is 5.75 Å². The van der Waals surface area contributed by atoms with Crippen molar-refractivity contribution in [2.75, 3.05) is 19.8 Å². The van der Waals surface area contributed by atoms with Gasteiger partial charge in [0.05, 0.1) is 19.3 Å². The van der Waals surface area contributed by atoms with Crippen LogP contribution in [0.3, 0.4) is 0 Å². The lowest BCUT2D eigenvalue weighted by molar-refractivity contribution is -0.128. The molecule has 5 nitrogen and oxygen atoms in total. The monoisotopic (exact) mass is 343 g/mol. The van der Waals surface area contributed by atoms with E-state index < -0.39 is 6.10 Å². The van der Waals surface area contributed by atoms with Gasteiger partial charge >= 0.3 is 0 Å². The predicted molar refractivity (Wildman–Crippen MR) is 96.5 cm³/mol. The Hall–Kier alpha value is -2.37. The summed E-state index contributed by atoms with van der Waals surface area (Å²) in [5, 5.41) is 11.9. The molecule has 2 rings (SSSR count). The molecule has 134 valence electrons. The summed E-state index contributed by atoms with van der Waals surface area (Å²) in [6.07, 6.45) is -0.931. The summed E-state index contributed by atoms with van der Waals surface area (Å²) in [7, 11) is 0. The normalized spacial score (nSPS) is 13.1. The zero-order valence-corrected chi connectivity index (χ0v) is 14.6. The zero-order chi connectivity index (χ0) is 18.1. The van der Waals surface area contributed by atoms with E-state index in [0.29, 0.717) is 12.3 Å². The lowest BCUT2D eigenvalue weighted by Crippen LogP contribution is -2.39. The molecule has 0 aromatic heterocycles. The molecule has 5 heteroatoms. The van der Waals surface area contributed by atoms with Crippen LogP contribution in [-0.2, 0) is 9.53 Å². The number of aliphatic hydroxyl groups is 1. The van der Waals surface area contributed by atoms with E-state index in [-0.39, 0.29) is 25.2 Å². The van der Waals surface area contributed by atoms with Gasteiger partial charge in [-0.2, -0.15) is 0 Å². The number of hydrogen-bond donors (Lipinski definition) is 2. The van der Waals surface area contributed by atoms with Crippen molar-refractivity contribution < 1.29 is 19.4 Å². The van der Waals surface area contributed by atoms with Gasteiger partial charge in [-0.1, -0.05) is 48.0 Å². The Morgan fingerprint density at radius 3 is 2.44 bits per heavy atom. The SMILES string of the molecule is Cc1ccc(C(CNC(=O)C(C)Oc2ccccc2)OCCO)cc1. The number of benzene rings is 2. The molecule has 0 aliphatic carbocycles. The third-order valence-electron chi connectivity index (χ3n) is 3.75. The number of nitrogens with one attached hydrogen (secondary N) is 1.